The molecule has 0 saturated heterocycles. The van der Waals surface area contributed by atoms with Gasteiger partial charge in [0, 0.05) is 25.5 Å². The molecule has 1 aromatic heterocycles. The normalized spacial score (nSPS) is 9.86. The number of aliphatic hydroxyl groups is 1. The van der Waals surface area contributed by atoms with Crippen molar-refractivity contribution in [3.05, 3.63) is 24.0 Å². The Labute approximate surface area is 88.4 Å². The molecule has 0 amide bonds. The van der Waals surface area contributed by atoms with Gasteiger partial charge in [0.2, 0.25) is 0 Å². The number of rotatable bonds is 4. The molecule has 76 valence electrons. The Morgan fingerprint density at radius 3 is 3.00 bits per heavy atom. The van der Waals surface area contributed by atoms with Crippen molar-refractivity contribution in [1.29, 1.82) is 0 Å². The van der Waals surface area contributed by atoms with Crippen molar-refractivity contribution >= 4 is 22.9 Å². The van der Waals surface area contributed by atoms with Crippen molar-refractivity contribution in [2.24, 2.45) is 5.73 Å². The van der Waals surface area contributed by atoms with Gasteiger partial charge in [0.05, 0.1) is 12.3 Å². The second-order valence-electron chi connectivity index (χ2n) is 2.91. The van der Waals surface area contributed by atoms with E-state index < -0.39 is 0 Å². The van der Waals surface area contributed by atoms with Crippen LogP contribution in [0.25, 0.3) is 0 Å². The van der Waals surface area contributed by atoms with E-state index in [1.165, 1.54) is 0 Å². The number of thiocarbonyl (C=S) groups is 1. The summed E-state index contributed by atoms with van der Waals surface area (Å²) in [6, 6.07) is 3.65. The first kappa shape index (κ1) is 10.9. The van der Waals surface area contributed by atoms with E-state index in [1.54, 1.807) is 12.3 Å². The van der Waals surface area contributed by atoms with Crippen LogP contribution in [0.3, 0.4) is 0 Å². The Morgan fingerprint density at radius 2 is 2.43 bits per heavy atom. The summed E-state index contributed by atoms with van der Waals surface area (Å²) < 4.78 is 0. The lowest BCUT2D eigenvalue weighted by atomic mass is 10.3. The van der Waals surface area contributed by atoms with Crippen LogP contribution < -0.4 is 10.6 Å². The molecule has 0 atom stereocenters. The Balaban J connectivity index is 2.87. The molecule has 5 heteroatoms. The van der Waals surface area contributed by atoms with Crippen LogP contribution in [0.4, 0.5) is 5.69 Å². The van der Waals surface area contributed by atoms with Crippen LogP contribution in [-0.2, 0) is 0 Å². The zero-order valence-corrected chi connectivity index (χ0v) is 8.79. The Bertz CT molecular complexity index is 330. The minimum Gasteiger partial charge on any atom is -0.395 e. The molecule has 0 unspecified atom stereocenters. The second kappa shape index (κ2) is 4.88. The first-order valence-corrected chi connectivity index (χ1v) is 4.64. The number of hydrogen-bond acceptors (Lipinski definition) is 4. The Morgan fingerprint density at radius 1 is 1.71 bits per heavy atom. The maximum Gasteiger partial charge on any atom is 0.122 e. The van der Waals surface area contributed by atoms with Gasteiger partial charge in [-0.25, -0.2) is 0 Å². The van der Waals surface area contributed by atoms with Gasteiger partial charge in [-0.05, 0) is 12.1 Å². The fourth-order valence-electron chi connectivity index (χ4n) is 1.07. The quantitative estimate of drug-likeness (QED) is 0.694. The largest absolute Gasteiger partial charge is 0.395 e. The number of hydrogen-bond donors (Lipinski definition) is 2. The lowest BCUT2D eigenvalue weighted by Gasteiger charge is -2.17. The molecule has 1 rings (SSSR count). The van der Waals surface area contributed by atoms with Crippen molar-refractivity contribution in [3.63, 3.8) is 0 Å². The van der Waals surface area contributed by atoms with Gasteiger partial charge in [-0.1, -0.05) is 12.2 Å². The molecule has 4 nitrogen and oxygen atoms in total. The predicted octanol–water partition coefficient (Wildman–Crippen LogP) is 0.144. The highest BCUT2D eigenvalue weighted by Gasteiger charge is 2.03. The molecule has 14 heavy (non-hydrogen) atoms. The van der Waals surface area contributed by atoms with E-state index >= 15 is 0 Å². The molecule has 0 bridgehead atoms. The van der Waals surface area contributed by atoms with Gasteiger partial charge in [-0.2, -0.15) is 0 Å². The van der Waals surface area contributed by atoms with Gasteiger partial charge in [-0.3, -0.25) is 4.98 Å². The highest BCUT2D eigenvalue weighted by atomic mass is 32.1. The van der Waals surface area contributed by atoms with Crippen LogP contribution >= 0.6 is 12.2 Å². The summed E-state index contributed by atoms with van der Waals surface area (Å²) >= 11 is 4.82. The third-order valence-electron chi connectivity index (χ3n) is 1.87. The molecule has 0 aromatic carbocycles. The maximum absolute atomic E-state index is 8.77. The molecule has 3 N–H and O–H groups in total. The first-order valence-electron chi connectivity index (χ1n) is 4.23. The topological polar surface area (TPSA) is 62.4 Å². The fraction of sp³-hybridized carbons (Fsp3) is 0.333. The van der Waals surface area contributed by atoms with E-state index in [-0.39, 0.29) is 11.6 Å². The van der Waals surface area contributed by atoms with Gasteiger partial charge < -0.3 is 15.7 Å². The molecular formula is C9H13N3OS. The number of nitrogens with two attached hydrogens (primary N) is 1. The molecule has 0 radical (unpaired) electrons. The molecule has 0 aliphatic heterocycles. The van der Waals surface area contributed by atoms with Crippen LogP contribution in [0, 0.1) is 0 Å². The smallest absolute Gasteiger partial charge is 0.122 e. The summed E-state index contributed by atoms with van der Waals surface area (Å²) in [4.78, 5) is 6.21. The number of anilines is 1. The summed E-state index contributed by atoms with van der Waals surface area (Å²) in [5.74, 6) is 0. The van der Waals surface area contributed by atoms with Gasteiger partial charge in [0.25, 0.3) is 0 Å². The molecule has 0 fully saturated rings. The molecule has 0 aliphatic rings. The van der Waals surface area contributed by atoms with E-state index in [0.717, 1.165) is 5.69 Å². The summed E-state index contributed by atoms with van der Waals surface area (Å²) in [7, 11) is 1.88. The number of aromatic nitrogens is 1. The van der Waals surface area contributed by atoms with Crippen molar-refractivity contribution in [3.8, 4) is 0 Å². The molecule has 1 aromatic rings. The third kappa shape index (κ3) is 2.65. The SMILES string of the molecule is CN(CCO)c1ccnc(C(N)=S)c1. The zero-order valence-electron chi connectivity index (χ0n) is 7.97. The minimum atomic E-state index is 0.112. The average molecular weight is 211 g/mol. The second-order valence-corrected chi connectivity index (χ2v) is 3.35. The van der Waals surface area contributed by atoms with E-state index in [4.69, 9.17) is 23.1 Å². The highest BCUT2D eigenvalue weighted by molar-refractivity contribution is 7.80. The van der Waals surface area contributed by atoms with Crippen LogP contribution in [0.2, 0.25) is 0 Å². The number of aliphatic hydroxyl groups excluding tert-OH is 1. The lowest BCUT2D eigenvalue weighted by Crippen LogP contribution is -2.22. The fourth-order valence-corrected chi connectivity index (χ4v) is 1.18. The van der Waals surface area contributed by atoms with Gasteiger partial charge in [0.15, 0.2) is 0 Å². The number of pyridine rings is 1. The van der Waals surface area contributed by atoms with Crippen molar-refractivity contribution in [2.45, 2.75) is 0 Å². The average Bonchev–Trinajstić information content (AvgIpc) is 2.18. The molecular weight excluding hydrogens is 198 g/mol. The van der Waals surface area contributed by atoms with Gasteiger partial charge in [0.1, 0.15) is 4.99 Å². The van der Waals surface area contributed by atoms with Crippen molar-refractivity contribution in [1.82, 2.24) is 4.98 Å². The lowest BCUT2D eigenvalue weighted by molar-refractivity contribution is 0.304. The predicted molar refractivity (Wildman–Crippen MR) is 60.5 cm³/mol. The molecule has 1 heterocycles. The summed E-state index contributed by atoms with van der Waals surface area (Å²) in [6.07, 6.45) is 1.65. The van der Waals surface area contributed by atoms with Crippen LogP contribution in [-0.4, -0.2) is 35.3 Å². The van der Waals surface area contributed by atoms with Crippen LogP contribution in [0.1, 0.15) is 5.69 Å². The summed E-state index contributed by atoms with van der Waals surface area (Å²) in [5, 5.41) is 8.77. The Hall–Kier alpha value is -1.20. The van der Waals surface area contributed by atoms with Gasteiger partial charge in [-0.15, -0.1) is 0 Å². The maximum atomic E-state index is 8.77. The highest BCUT2D eigenvalue weighted by Crippen LogP contribution is 2.12. The van der Waals surface area contributed by atoms with E-state index in [9.17, 15) is 0 Å². The first-order chi connectivity index (χ1) is 6.65. The zero-order chi connectivity index (χ0) is 10.6. The number of nitrogens with zero attached hydrogens (tertiary/aromatic N) is 2. The van der Waals surface area contributed by atoms with Crippen molar-refractivity contribution in [2.75, 3.05) is 25.1 Å². The van der Waals surface area contributed by atoms with E-state index in [0.29, 0.717) is 12.2 Å². The minimum absolute atomic E-state index is 0.112. The van der Waals surface area contributed by atoms with Crippen LogP contribution in [0.15, 0.2) is 18.3 Å². The van der Waals surface area contributed by atoms with Crippen LogP contribution in [0.5, 0.6) is 0 Å². The van der Waals surface area contributed by atoms with E-state index in [2.05, 4.69) is 4.98 Å². The van der Waals surface area contributed by atoms with Crippen molar-refractivity contribution < 1.29 is 5.11 Å². The van der Waals surface area contributed by atoms with Gasteiger partial charge >= 0.3 is 0 Å². The molecule has 0 spiro atoms. The Kier molecular flexibility index (Phi) is 3.79. The monoisotopic (exact) mass is 211 g/mol. The standard InChI is InChI=1S/C9H13N3OS/c1-12(4-5-13)7-2-3-11-8(6-7)9(10)14/h2-3,6,13H,4-5H2,1H3,(H2,10,14). The molecule has 0 aliphatic carbocycles. The number of likely N-dealkylation sites (N-methyl/N-ethyl adjacent to an activating group) is 1. The van der Waals surface area contributed by atoms with E-state index in [1.807, 2.05) is 18.0 Å². The summed E-state index contributed by atoms with van der Waals surface area (Å²) in [5.41, 5.74) is 7.00. The summed E-state index contributed by atoms with van der Waals surface area (Å²) in [6.45, 7) is 0.683. The molecule has 0 saturated carbocycles. The third-order valence-corrected chi connectivity index (χ3v) is 2.08.